The molecule has 0 spiro atoms. The second-order valence-corrected chi connectivity index (χ2v) is 38.0. The third-order valence-electron chi connectivity index (χ3n) is 16.8. The summed E-state index contributed by atoms with van der Waals surface area (Å²) in [5.74, 6) is -13.6. The summed E-state index contributed by atoms with van der Waals surface area (Å²) in [6, 6.07) is 17.4. The Bertz CT molecular complexity index is 4960. The van der Waals surface area contributed by atoms with Gasteiger partial charge in [0.05, 0.1) is 62.8 Å². The Morgan fingerprint density at radius 2 is 0.611 bits per heavy atom. The van der Waals surface area contributed by atoms with Gasteiger partial charge in [-0.2, -0.15) is 15.8 Å². The molecule has 108 heavy (non-hydrogen) atoms. The Kier molecular flexibility index (Phi) is 30.5. The Morgan fingerprint density at radius 1 is 0.389 bits per heavy atom. The van der Waals surface area contributed by atoms with Crippen LogP contribution in [0.4, 0.5) is 13.2 Å². The second kappa shape index (κ2) is 36.2. The lowest BCUT2D eigenvalue weighted by atomic mass is 9.84. The maximum Gasteiger partial charge on any atom is 0.337 e. The molecule has 6 aromatic carbocycles. The first-order valence-electron chi connectivity index (χ1n) is 32.8. The van der Waals surface area contributed by atoms with E-state index in [1.54, 1.807) is 61.5 Å². The molecule has 36 heteroatoms. The zero-order chi connectivity index (χ0) is 82.8. The van der Waals surface area contributed by atoms with Gasteiger partial charge in [-0.1, -0.05) is 83.1 Å². The number of hydrogen-bond acceptors (Lipinski definition) is 21. The molecule has 0 aliphatic carbocycles. The van der Waals surface area contributed by atoms with Crippen LogP contribution in [0.2, 0.25) is 0 Å². The lowest BCUT2D eigenvalue weighted by molar-refractivity contribution is -0.117. The van der Waals surface area contributed by atoms with Crippen LogP contribution in [-0.2, 0) is 93.2 Å². The number of sulfonamides is 3. The van der Waals surface area contributed by atoms with Crippen LogP contribution in [-0.4, -0.2) is 129 Å². The van der Waals surface area contributed by atoms with Crippen molar-refractivity contribution in [1.29, 1.82) is 15.8 Å². The van der Waals surface area contributed by atoms with E-state index in [2.05, 4.69) is 0 Å². The normalized spacial score (nSPS) is 12.1. The molecular weight excluding hydrogens is 1530 g/mol. The molecule has 27 nitrogen and oxygen atoms in total. The monoisotopic (exact) mass is 1610 g/mol. The third-order valence-corrected chi connectivity index (χ3v) is 26.3. The van der Waals surface area contributed by atoms with Gasteiger partial charge < -0.3 is 16.6 Å². The molecule has 0 heterocycles. The number of nitriles is 3. The number of amides is 2. The van der Waals surface area contributed by atoms with E-state index in [9.17, 15) is 100 Å². The molecule has 0 radical (unpaired) electrons. The van der Waals surface area contributed by atoms with Crippen LogP contribution in [0.3, 0.4) is 0 Å². The predicted molar refractivity (Wildman–Crippen MR) is 392 cm³/mol. The van der Waals surface area contributed by atoms with Gasteiger partial charge in [-0.15, -0.1) is 0 Å². The van der Waals surface area contributed by atoms with Crippen LogP contribution in [0.1, 0.15) is 216 Å². The fraction of sp³-hybridized carbons (Fsp3) is 0.375. The molecular formula is C72H83F3N8O19S6. The Hall–Kier alpha value is -9.42. The maximum absolute atomic E-state index is 15.0. The van der Waals surface area contributed by atoms with E-state index in [1.807, 2.05) is 54.0 Å². The number of nitrogens with two attached hydrogens (primary N) is 2. The van der Waals surface area contributed by atoms with Crippen molar-refractivity contribution in [3.05, 3.63) is 174 Å². The van der Waals surface area contributed by atoms with Crippen molar-refractivity contribution in [2.24, 2.45) is 11.5 Å². The van der Waals surface area contributed by atoms with E-state index in [-0.39, 0.29) is 60.9 Å². The van der Waals surface area contributed by atoms with Crippen molar-refractivity contribution < 1.29 is 97.6 Å². The number of benzene rings is 6. The lowest BCUT2D eigenvalue weighted by Gasteiger charge is -2.21. The minimum absolute atomic E-state index is 0.149. The standard InChI is InChI=1S/2C24H28FN3O6S2.C24H27FN2O7S2/c2*1-13(2)18-8-15(11-26)23(25)22(14(3)4)19(18)9-16(29)12-35(31,32)21-7-6-17(36(33,34)28-5)10-20(21)24(27)30;1-13(2)18-8-15(11-26)23(25)22(14(3)4)19(18)9-16(28)12-35(31,32)21-7-6-17(36(33,34)27-5)10-20(21)24(29)30/h2*6-8,10,13-14,28H,9,12H2,1-5H3,(H2,27,30);6-8,10,13-14,27H,9,12H2,1-5H3,(H,29,30). The smallest absolute Gasteiger partial charge is 0.337 e. The molecule has 0 aromatic heterocycles. The number of aromatic carboxylic acids is 1. The van der Waals surface area contributed by atoms with Crippen molar-refractivity contribution in [3.8, 4) is 18.2 Å². The number of carbonyl (C=O) groups is 6. The van der Waals surface area contributed by atoms with Crippen molar-refractivity contribution in [1.82, 2.24) is 14.2 Å². The lowest BCUT2D eigenvalue weighted by Crippen LogP contribution is -2.25. The summed E-state index contributed by atoms with van der Waals surface area (Å²) in [4.78, 5) is 71.4. The molecule has 0 aliphatic heterocycles. The van der Waals surface area contributed by atoms with E-state index in [4.69, 9.17) is 11.5 Å². The van der Waals surface area contributed by atoms with Crippen LogP contribution in [0.15, 0.2) is 102 Å². The van der Waals surface area contributed by atoms with Gasteiger partial charge in [-0.05, 0) is 180 Å². The summed E-state index contributed by atoms with van der Waals surface area (Å²) in [5, 5.41) is 37.5. The minimum atomic E-state index is -4.51. The van der Waals surface area contributed by atoms with Gasteiger partial charge in [0.2, 0.25) is 41.9 Å². The van der Waals surface area contributed by atoms with Gasteiger partial charge >= 0.3 is 5.97 Å². The first-order chi connectivity index (χ1) is 49.7. The highest BCUT2D eigenvalue weighted by Crippen LogP contribution is 2.37. The van der Waals surface area contributed by atoms with E-state index in [0.29, 0.717) is 39.4 Å². The highest BCUT2D eigenvalue weighted by atomic mass is 32.2. The number of primary amides is 2. The molecule has 0 bridgehead atoms. The minimum Gasteiger partial charge on any atom is -0.478 e. The third kappa shape index (κ3) is 21.3. The second-order valence-electron chi connectivity index (χ2n) is 26.5. The molecule has 0 fully saturated rings. The van der Waals surface area contributed by atoms with E-state index < -0.39 is 203 Å². The van der Waals surface area contributed by atoms with Gasteiger partial charge in [0, 0.05) is 19.3 Å². The molecule has 8 N–H and O–H groups in total. The summed E-state index contributed by atoms with van der Waals surface area (Å²) in [6.45, 7) is 21.0. The molecule has 0 aliphatic rings. The van der Waals surface area contributed by atoms with Crippen molar-refractivity contribution >= 4 is 94.7 Å². The molecule has 0 unspecified atom stereocenters. The maximum atomic E-state index is 15.0. The fourth-order valence-corrected chi connectivity index (χ4v) is 18.4. The number of hydrogen-bond donors (Lipinski definition) is 6. The first kappa shape index (κ1) is 91.0. The first-order valence-corrected chi connectivity index (χ1v) is 42.2. The average molecular weight is 1610 g/mol. The number of carboxylic acids is 1. The van der Waals surface area contributed by atoms with Crippen LogP contribution in [0.5, 0.6) is 0 Å². The number of nitrogens with one attached hydrogen (secondary N) is 3. The summed E-state index contributed by atoms with van der Waals surface area (Å²) in [5.41, 5.74) is 11.2. The number of halogens is 3. The number of Topliss-reactive ketones (excluding diaryl/α,β-unsaturated/α-hetero) is 3. The summed E-state index contributed by atoms with van der Waals surface area (Å²) in [6.07, 6.45) is -1.28. The number of nitrogens with zero attached hydrogens (tertiary/aromatic N) is 3. The zero-order valence-corrected chi connectivity index (χ0v) is 66.4. The van der Waals surface area contributed by atoms with Crippen LogP contribution in [0, 0.1) is 51.4 Å². The molecule has 6 rings (SSSR count). The largest absolute Gasteiger partial charge is 0.478 e. The molecule has 6 aromatic rings. The molecule has 2 amide bonds. The van der Waals surface area contributed by atoms with Gasteiger partial charge in [0.15, 0.2) is 46.9 Å². The van der Waals surface area contributed by atoms with Crippen LogP contribution < -0.4 is 25.6 Å². The fourth-order valence-electron chi connectivity index (χ4n) is 11.8. The van der Waals surface area contributed by atoms with Crippen molar-refractivity contribution in [3.63, 3.8) is 0 Å². The summed E-state index contributed by atoms with van der Waals surface area (Å²) < 4.78 is 202. The number of carbonyl (C=O) groups excluding carboxylic acids is 5. The van der Waals surface area contributed by atoms with E-state index >= 15 is 13.2 Å². The highest BCUT2D eigenvalue weighted by molar-refractivity contribution is 7.93. The van der Waals surface area contributed by atoms with Crippen LogP contribution in [0.25, 0.3) is 0 Å². The van der Waals surface area contributed by atoms with Crippen LogP contribution >= 0.6 is 0 Å². The van der Waals surface area contributed by atoms with Gasteiger partial charge in [-0.3, -0.25) is 24.0 Å². The zero-order valence-electron chi connectivity index (χ0n) is 61.5. The predicted octanol–water partition coefficient (Wildman–Crippen LogP) is 8.21. The summed E-state index contributed by atoms with van der Waals surface area (Å²) >= 11 is 0. The highest BCUT2D eigenvalue weighted by Gasteiger charge is 2.34. The molecule has 582 valence electrons. The quantitative estimate of drug-likeness (QED) is 0.0247. The van der Waals surface area contributed by atoms with E-state index in [1.165, 1.54) is 18.2 Å². The van der Waals surface area contributed by atoms with Gasteiger partial charge in [-0.25, -0.2) is 82.6 Å². The number of carboxylic acid groups (broad SMARTS) is 1. The topological polar surface area (TPSA) is 487 Å². The van der Waals surface area contributed by atoms with Crippen molar-refractivity contribution in [2.45, 2.75) is 167 Å². The van der Waals surface area contributed by atoms with Gasteiger partial charge in [0.25, 0.3) is 0 Å². The SMILES string of the molecule is CNS(=O)(=O)c1ccc(S(=O)(=O)CC(=O)Cc2c(C(C)C)cc(C#N)c(F)c2C(C)C)c(C(=O)O)c1.CNS(=O)(=O)c1ccc(S(=O)(=O)CC(=O)Cc2c(C(C)C)cc(C#N)c(F)c2C(C)C)c(C(N)=O)c1.CNS(=O)(=O)c1ccc(S(=O)(=O)CC(=O)Cc2c(C(C)C)cc(C#N)c(F)c2C(C)C)c(C(N)=O)c1. The number of sulfone groups is 3. The number of rotatable bonds is 30. The van der Waals surface area contributed by atoms with Crippen molar-refractivity contribution in [2.75, 3.05) is 38.4 Å². The summed E-state index contributed by atoms with van der Waals surface area (Å²) in [7, 11) is -22.0. The molecule has 0 atom stereocenters. The Morgan fingerprint density at radius 3 is 0.796 bits per heavy atom. The van der Waals surface area contributed by atoms with Gasteiger partial charge in [0.1, 0.15) is 52.9 Å². The average Bonchev–Trinajstić information content (AvgIpc) is 0.792. The number of ketones is 3. The molecule has 0 saturated heterocycles. The Labute approximate surface area is 627 Å². The van der Waals surface area contributed by atoms with E-state index in [0.717, 1.165) is 69.7 Å². The Balaban J connectivity index is 0.000000342. The molecule has 0 saturated carbocycles.